The highest BCUT2D eigenvalue weighted by atomic mass is 15.1. The lowest BCUT2D eigenvalue weighted by molar-refractivity contribution is 1.08. The van der Waals surface area contributed by atoms with E-state index in [0.717, 1.165) is 18.1 Å². The molecule has 24 heavy (non-hydrogen) atoms. The fourth-order valence-electron chi connectivity index (χ4n) is 2.36. The fraction of sp³-hybridized carbons (Fsp3) is 0.200. The summed E-state index contributed by atoms with van der Waals surface area (Å²) in [7, 11) is 0. The molecule has 0 aliphatic heterocycles. The number of anilines is 3. The van der Waals surface area contributed by atoms with E-state index in [4.69, 9.17) is 0 Å². The molecule has 0 aliphatic carbocycles. The van der Waals surface area contributed by atoms with E-state index in [1.807, 2.05) is 12.1 Å². The molecule has 0 unspecified atom stereocenters. The van der Waals surface area contributed by atoms with Crippen molar-refractivity contribution in [3.63, 3.8) is 0 Å². The Balaban J connectivity index is 1.67. The lowest BCUT2D eigenvalue weighted by Crippen LogP contribution is -2.04. The number of hydrogen-bond donors (Lipinski definition) is 2. The summed E-state index contributed by atoms with van der Waals surface area (Å²) in [5.41, 5.74) is 6.00. The fourth-order valence-corrected chi connectivity index (χ4v) is 2.36. The molecule has 0 spiro atoms. The van der Waals surface area contributed by atoms with Gasteiger partial charge in [-0.05, 0) is 55.7 Å². The molecule has 2 N–H and O–H groups in total. The number of hydrogen-bond acceptors (Lipinski definition) is 4. The zero-order valence-corrected chi connectivity index (χ0v) is 14.3. The summed E-state index contributed by atoms with van der Waals surface area (Å²) in [5, 5.41) is 6.59. The number of benzene rings is 2. The Morgan fingerprint density at radius 2 is 1.67 bits per heavy atom. The monoisotopic (exact) mass is 318 g/mol. The van der Waals surface area contributed by atoms with Gasteiger partial charge < -0.3 is 10.6 Å². The van der Waals surface area contributed by atoms with Gasteiger partial charge in [0.2, 0.25) is 5.95 Å². The molecule has 0 aliphatic rings. The second kappa shape index (κ2) is 7.13. The molecule has 0 atom stereocenters. The van der Waals surface area contributed by atoms with Crippen LogP contribution in [0.2, 0.25) is 0 Å². The number of nitrogens with one attached hydrogen (secondary N) is 2. The zero-order chi connectivity index (χ0) is 16.9. The first-order chi connectivity index (χ1) is 11.6. The Kier molecular flexibility index (Phi) is 4.75. The summed E-state index contributed by atoms with van der Waals surface area (Å²) < 4.78 is 0. The Morgan fingerprint density at radius 3 is 2.42 bits per heavy atom. The maximum atomic E-state index is 4.52. The quantitative estimate of drug-likeness (QED) is 0.712. The highest BCUT2D eigenvalue weighted by Crippen LogP contribution is 2.18. The van der Waals surface area contributed by atoms with Crippen molar-refractivity contribution in [2.45, 2.75) is 27.3 Å². The van der Waals surface area contributed by atoms with Crippen LogP contribution >= 0.6 is 0 Å². The molecule has 4 heteroatoms. The lowest BCUT2D eigenvalue weighted by atomic mass is 10.1. The van der Waals surface area contributed by atoms with Crippen molar-refractivity contribution in [2.75, 3.05) is 10.6 Å². The van der Waals surface area contributed by atoms with Crippen molar-refractivity contribution in [1.82, 2.24) is 9.97 Å². The summed E-state index contributed by atoms with van der Waals surface area (Å²) >= 11 is 0. The van der Waals surface area contributed by atoms with Crippen molar-refractivity contribution < 1.29 is 0 Å². The van der Waals surface area contributed by atoms with Gasteiger partial charge in [-0.3, -0.25) is 0 Å². The minimum atomic E-state index is 0.590. The molecule has 1 aromatic heterocycles. The van der Waals surface area contributed by atoms with E-state index in [1.54, 1.807) is 6.20 Å². The summed E-state index contributed by atoms with van der Waals surface area (Å²) in [4.78, 5) is 8.81. The molecule has 0 fully saturated rings. The maximum absolute atomic E-state index is 4.52. The molecule has 0 radical (unpaired) electrons. The van der Waals surface area contributed by atoms with Crippen LogP contribution in [0, 0.1) is 20.8 Å². The van der Waals surface area contributed by atoms with E-state index in [-0.39, 0.29) is 0 Å². The van der Waals surface area contributed by atoms with E-state index >= 15 is 0 Å². The van der Waals surface area contributed by atoms with Crippen molar-refractivity contribution in [1.29, 1.82) is 0 Å². The Hall–Kier alpha value is -2.88. The first kappa shape index (κ1) is 16.0. The highest BCUT2D eigenvalue weighted by molar-refractivity contribution is 5.56. The average Bonchev–Trinajstić information content (AvgIpc) is 2.58. The second-order valence-corrected chi connectivity index (χ2v) is 6.03. The van der Waals surface area contributed by atoms with Crippen LogP contribution in [0.4, 0.5) is 17.5 Å². The third-order valence-electron chi connectivity index (χ3n) is 4.01. The van der Waals surface area contributed by atoms with Gasteiger partial charge in [-0.15, -0.1) is 0 Å². The van der Waals surface area contributed by atoms with Crippen molar-refractivity contribution in [3.05, 3.63) is 77.0 Å². The van der Waals surface area contributed by atoms with E-state index < -0.39 is 0 Å². The summed E-state index contributed by atoms with van der Waals surface area (Å²) in [5.74, 6) is 1.39. The zero-order valence-electron chi connectivity index (χ0n) is 14.3. The smallest absolute Gasteiger partial charge is 0.229 e. The molecule has 0 bridgehead atoms. The van der Waals surface area contributed by atoms with E-state index in [0.29, 0.717) is 5.95 Å². The van der Waals surface area contributed by atoms with Gasteiger partial charge >= 0.3 is 0 Å². The summed E-state index contributed by atoms with van der Waals surface area (Å²) in [6.07, 6.45) is 1.76. The van der Waals surface area contributed by atoms with Gasteiger partial charge in [-0.25, -0.2) is 4.98 Å². The number of rotatable bonds is 5. The summed E-state index contributed by atoms with van der Waals surface area (Å²) in [6, 6.07) is 16.6. The maximum Gasteiger partial charge on any atom is 0.229 e. The topological polar surface area (TPSA) is 49.8 Å². The molecule has 1 heterocycles. The predicted octanol–water partition coefficient (Wildman–Crippen LogP) is 4.76. The molecule has 3 aromatic rings. The first-order valence-corrected chi connectivity index (χ1v) is 8.07. The molecule has 0 saturated carbocycles. The normalized spacial score (nSPS) is 10.5. The molecule has 0 saturated heterocycles. The Morgan fingerprint density at radius 1 is 0.875 bits per heavy atom. The third-order valence-corrected chi connectivity index (χ3v) is 4.01. The largest absolute Gasteiger partial charge is 0.366 e. The molecular weight excluding hydrogens is 296 g/mol. The standard InChI is InChI=1S/C20H22N4/c1-14-4-7-17(8-5-14)13-22-19-10-11-21-20(24-19)23-18-9-6-15(2)16(3)12-18/h4-12H,13H2,1-3H3,(H2,21,22,23,24). The van der Waals surface area contributed by atoms with E-state index in [2.05, 4.69) is 77.8 Å². The van der Waals surface area contributed by atoms with Crippen LogP contribution in [-0.2, 0) is 6.54 Å². The van der Waals surface area contributed by atoms with Gasteiger partial charge in [0, 0.05) is 18.4 Å². The molecule has 3 rings (SSSR count). The third kappa shape index (κ3) is 4.10. The highest BCUT2D eigenvalue weighted by Gasteiger charge is 2.02. The Bertz CT molecular complexity index is 825. The van der Waals surface area contributed by atoms with Gasteiger partial charge in [0.15, 0.2) is 0 Å². The van der Waals surface area contributed by atoms with Crippen LogP contribution in [0.25, 0.3) is 0 Å². The molecular formula is C20H22N4. The second-order valence-electron chi connectivity index (χ2n) is 6.03. The van der Waals surface area contributed by atoms with Gasteiger partial charge in [-0.2, -0.15) is 4.98 Å². The van der Waals surface area contributed by atoms with E-state index in [9.17, 15) is 0 Å². The molecule has 0 amide bonds. The van der Waals surface area contributed by atoms with Crippen LogP contribution in [0.1, 0.15) is 22.3 Å². The number of nitrogens with zero attached hydrogens (tertiary/aromatic N) is 2. The Labute approximate surface area is 143 Å². The van der Waals surface area contributed by atoms with Crippen molar-refractivity contribution >= 4 is 17.5 Å². The van der Waals surface area contributed by atoms with Crippen LogP contribution in [-0.4, -0.2) is 9.97 Å². The molecule has 2 aromatic carbocycles. The predicted molar refractivity (Wildman–Crippen MR) is 99.7 cm³/mol. The van der Waals surface area contributed by atoms with Crippen LogP contribution < -0.4 is 10.6 Å². The van der Waals surface area contributed by atoms with Crippen LogP contribution in [0.15, 0.2) is 54.7 Å². The van der Waals surface area contributed by atoms with Gasteiger partial charge in [-0.1, -0.05) is 35.9 Å². The average molecular weight is 318 g/mol. The van der Waals surface area contributed by atoms with E-state index in [1.165, 1.54) is 22.3 Å². The molecule has 4 nitrogen and oxygen atoms in total. The van der Waals surface area contributed by atoms with Crippen LogP contribution in [0.5, 0.6) is 0 Å². The van der Waals surface area contributed by atoms with Gasteiger partial charge in [0.25, 0.3) is 0 Å². The molecule has 122 valence electrons. The number of aryl methyl sites for hydroxylation is 3. The van der Waals surface area contributed by atoms with Gasteiger partial charge in [0.05, 0.1) is 0 Å². The summed E-state index contributed by atoms with van der Waals surface area (Å²) in [6.45, 7) is 7.03. The first-order valence-electron chi connectivity index (χ1n) is 8.07. The van der Waals surface area contributed by atoms with Crippen molar-refractivity contribution in [3.8, 4) is 0 Å². The minimum absolute atomic E-state index is 0.590. The van der Waals surface area contributed by atoms with Gasteiger partial charge in [0.1, 0.15) is 5.82 Å². The SMILES string of the molecule is Cc1ccc(CNc2ccnc(Nc3ccc(C)c(C)c3)n2)cc1. The number of aromatic nitrogens is 2. The lowest BCUT2D eigenvalue weighted by Gasteiger charge is -2.10. The van der Waals surface area contributed by atoms with Crippen LogP contribution in [0.3, 0.4) is 0 Å². The van der Waals surface area contributed by atoms with Crippen molar-refractivity contribution in [2.24, 2.45) is 0 Å². The minimum Gasteiger partial charge on any atom is -0.366 e.